The Bertz CT molecular complexity index is 520. The van der Waals surface area contributed by atoms with Gasteiger partial charge in [0, 0.05) is 17.6 Å². The maximum absolute atomic E-state index is 13.0. The predicted molar refractivity (Wildman–Crippen MR) is 84.6 cm³/mol. The van der Waals surface area contributed by atoms with E-state index in [4.69, 9.17) is 0 Å². The third-order valence-electron chi connectivity index (χ3n) is 4.77. The van der Waals surface area contributed by atoms with Crippen LogP contribution < -0.4 is 0 Å². The zero-order chi connectivity index (χ0) is 14.2. The Morgan fingerprint density at radius 3 is 2.25 bits per heavy atom. The molecule has 0 radical (unpaired) electrons. The number of rotatable bonds is 2. The van der Waals surface area contributed by atoms with Crippen molar-refractivity contribution in [2.45, 2.75) is 37.5 Å². The first-order valence-electron chi connectivity index (χ1n) is 7.34. The van der Waals surface area contributed by atoms with Crippen molar-refractivity contribution in [2.24, 2.45) is 0 Å². The van der Waals surface area contributed by atoms with Crippen LogP contribution in [0.3, 0.4) is 0 Å². The average Bonchev–Trinajstić information content (AvgIpc) is 2.40. The van der Waals surface area contributed by atoms with Crippen LogP contribution in [-0.2, 0) is 10.2 Å². The summed E-state index contributed by atoms with van der Waals surface area (Å²) >= 11 is 3.47. The Morgan fingerprint density at radius 2 is 1.75 bits per heavy atom. The van der Waals surface area contributed by atoms with Crippen LogP contribution in [-0.4, -0.2) is 23.9 Å². The lowest BCUT2D eigenvalue weighted by Crippen LogP contribution is -2.52. The van der Waals surface area contributed by atoms with Crippen LogP contribution in [0.1, 0.15) is 37.7 Å². The number of hydrogen-bond donors (Lipinski definition) is 0. The molecule has 0 bridgehead atoms. The van der Waals surface area contributed by atoms with Gasteiger partial charge >= 0.3 is 0 Å². The maximum Gasteiger partial charge on any atom is 0.233 e. The molecule has 106 valence electrons. The minimum atomic E-state index is -0.251. The Hall–Kier alpha value is -1.09. The van der Waals surface area contributed by atoms with Gasteiger partial charge in [-0.1, -0.05) is 46.6 Å². The van der Waals surface area contributed by atoms with Crippen molar-refractivity contribution in [3.8, 4) is 0 Å². The largest absolute Gasteiger partial charge is 0.341 e. The summed E-state index contributed by atoms with van der Waals surface area (Å²) in [5, 5.41) is 0. The van der Waals surface area contributed by atoms with Gasteiger partial charge < -0.3 is 4.90 Å². The van der Waals surface area contributed by atoms with E-state index in [0.29, 0.717) is 5.91 Å². The number of hydrogen-bond acceptors (Lipinski definition) is 1. The molecule has 1 aromatic carbocycles. The van der Waals surface area contributed by atoms with Crippen molar-refractivity contribution in [3.05, 3.63) is 46.5 Å². The molecule has 0 atom stereocenters. The first-order valence-corrected chi connectivity index (χ1v) is 8.13. The number of carbonyl (C=O) groups excluding carboxylic acids is 1. The highest BCUT2D eigenvalue weighted by atomic mass is 79.9. The van der Waals surface area contributed by atoms with Gasteiger partial charge in [0.05, 0.1) is 5.41 Å². The van der Waals surface area contributed by atoms with E-state index in [-0.39, 0.29) is 5.41 Å². The summed E-state index contributed by atoms with van der Waals surface area (Å²) in [6, 6.07) is 8.29. The fourth-order valence-electron chi connectivity index (χ4n) is 3.25. The molecule has 3 rings (SSSR count). The van der Waals surface area contributed by atoms with Crippen molar-refractivity contribution >= 4 is 21.8 Å². The zero-order valence-electron chi connectivity index (χ0n) is 11.7. The standard InChI is InChI=1S/C17H20BrNO/c1-13-7-11-19(12-8-13)16(20)17(9-2-10-17)14-3-5-15(18)6-4-14/h3-6H,1-2,7-12H2. The van der Waals surface area contributed by atoms with Crippen LogP contribution in [0.15, 0.2) is 40.9 Å². The van der Waals surface area contributed by atoms with E-state index in [1.54, 1.807) is 0 Å². The normalized spacial score (nSPS) is 21.4. The predicted octanol–water partition coefficient (Wildman–Crippen LogP) is 4.05. The molecule has 1 aromatic rings. The second-order valence-corrected chi connectivity index (χ2v) is 6.90. The van der Waals surface area contributed by atoms with Gasteiger partial charge in [-0.3, -0.25) is 4.79 Å². The molecule has 20 heavy (non-hydrogen) atoms. The molecular formula is C17H20BrNO. The Kier molecular flexibility index (Phi) is 3.72. The number of piperidine rings is 1. The van der Waals surface area contributed by atoms with E-state index in [1.807, 2.05) is 12.1 Å². The second-order valence-electron chi connectivity index (χ2n) is 5.98. The van der Waals surface area contributed by atoms with E-state index >= 15 is 0 Å². The number of amides is 1. The Labute approximate surface area is 129 Å². The molecule has 1 saturated heterocycles. The molecule has 3 heteroatoms. The molecule has 2 aliphatic rings. The summed E-state index contributed by atoms with van der Waals surface area (Å²) in [7, 11) is 0. The van der Waals surface area contributed by atoms with Gasteiger partial charge in [0.1, 0.15) is 0 Å². The fraction of sp³-hybridized carbons (Fsp3) is 0.471. The molecular weight excluding hydrogens is 314 g/mol. The van der Waals surface area contributed by atoms with Crippen LogP contribution >= 0.6 is 15.9 Å². The van der Waals surface area contributed by atoms with Crippen molar-refractivity contribution in [1.82, 2.24) is 4.90 Å². The summed E-state index contributed by atoms with van der Waals surface area (Å²) < 4.78 is 1.07. The number of benzene rings is 1. The van der Waals surface area contributed by atoms with Gasteiger partial charge in [-0.15, -0.1) is 0 Å². The number of carbonyl (C=O) groups is 1. The van der Waals surface area contributed by atoms with Crippen molar-refractivity contribution in [3.63, 3.8) is 0 Å². The number of nitrogens with zero attached hydrogens (tertiary/aromatic N) is 1. The molecule has 2 nitrogen and oxygen atoms in total. The summed E-state index contributed by atoms with van der Waals surface area (Å²) in [4.78, 5) is 15.0. The van der Waals surface area contributed by atoms with Crippen LogP contribution in [0.5, 0.6) is 0 Å². The molecule has 1 saturated carbocycles. The molecule has 0 N–H and O–H groups in total. The topological polar surface area (TPSA) is 20.3 Å². The van der Waals surface area contributed by atoms with E-state index in [2.05, 4.69) is 39.5 Å². The quantitative estimate of drug-likeness (QED) is 0.747. The highest BCUT2D eigenvalue weighted by Crippen LogP contribution is 2.45. The minimum absolute atomic E-state index is 0.251. The lowest BCUT2D eigenvalue weighted by Gasteiger charge is -2.45. The summed E-state index contributed by atoms with van der Waals surface area (Å²) in [6.07, 6.45) is 5.06. The molecule has 1 amide bonds. The van der Waals surface area contributed by atoms with Crippen molar-refractivity contribution < 1.29 is 4.79 Å². The van der Waals surface area contributed by atoms with E-state index < -0.39 is 0 Å². The van der Waals surface area contributed by atoms with Crippen LogP contribution in [0.4, 0.5) is 0 Å². The van der Waals surface area contributed by atoms with Crippen molar-refractivity contribution in [2.75, 3.05) is 13.1 Å². The van der Waals surface area contributed by atoms with Crippen molar-refractivity contribution in [1.29, 1.82) is 0 Å². The zero-order valence-corrected chi connectivity index (χ0v) is 13.3. The highest BCUT2D eigenvalue weighted by Gasteiger charge is 2.47. The Balaban J connectivity index is 1.83. The number of likely N-dealkylation sites (tertiary alicyclic amines) is 1. The van der Waals surface area contributed by atoms with Gasteiger partial charge in [0.2, 0.25) is 5.91 Å². The average molecular weight is 334 g/mol. The van der Waals surface area contributed by atoms with E-state index in [0.717, 1.165) is 49.7 Å². The monoisotopic (exact) mass is 333 g/mol. The van der Waals surface area contributed by atoms with Gasteiger partial charge in [-0.2, -0.15) is 0 Å². The summed E-state index contributed by atoms with van der Waals surface area (Å²) in [6.45, 7) is 5.72. The first kappa shape index (κ1) is 13.9. The maximum atomic E-state index is 13.0. The van der Waals surface area contributed by atoms with Gasteiger partial charge in [-0.25, -0.2) is 0 Å². The SMILES string of the molecule is C=C1CCN(C(=O)C2(c3ccc(Br)cc3)CCC2)CC1. The molecule has 2 fully saturated rings. The lowest BCUT2D eigenvalue weighted by molar-refractivity contribution is -0.141. The third kappa shape index (κ3) is 2.32. The molecule has 1 aliphatic carbocycles. The molecule has 0 spiro atoms. The second kappa shape index (κ2) is 5.36. The van der Waals surface area contributed by atoms with E-state index in [9.17, 15) is 4.79 Å². The smallest absolute Gasteiger partial charge is 0.233 e. The van der Waals surface area contributed by atoms with Gasteiger partial charge in [0.15, 0.2) is 0 Å². The van der Waals surface area contributed by atoms with Gasteiger partial charge in [0.25, 0.3) is 0 Å². The fourth-order valence-corrected chi connectivity index (χ4v) is 3.52. The van der Waals surface area contributed by atoms with Crippen LogP contribution in [0, 0.1) is 0 Å². The first-order chi connectivity index (χ1) is 9.62. The van der Waals surface area contributed by atoms with Crippen LogP contribution in [0.2, 0.25) is 0 Å². The lowest BCUT2D eigenvalue weighted by atomic mass is 9.63. The highest BCUT2D eigenvalue weighted by molar-refractivity contribution is 9.10. The summed E-state index contributed by atoms with van der Waals surface area (Å²) in [5.74, 6) is 0.332. The molecule has 1 aliphatic heterocycles. The van der Waals surface area contributed by atoms with Crippen LogP contribution in [0.25, 0.3) is 0 Å². The molecule has 0 aromatic heterocycles. The Morgan fingerprint density at radius 1 is 1.15 bits per heavy atom. The third-order valence-corrected chi connectivity index (χ3v) is 5.30. The molecule has 0 unspecified atom stereocenters. The minimum Gasteiger partial charge on any atom is -0.341 e. The summed E-state index contributed by atoms with van der Waals surface area (Å²) in [5.41, 5.74) is 2.21. The van der Waals surface area contributed by atoms with Gasteiger partial charge in [-0.05, 0) is 43.4 Å². The molecule has 1 heterocycles. The van der Waals surface area contributed by atoms with E-state index in [1.165, 1.54) is 11.1 Å². The number of halogens is 1.